The molecule has 0 bridgehead atoms. The Bertz CT molecular complexity index is 1990. The third-order valence-electron chi connectivity index (χ3n) is 7.21. The summed E-state index contributed by atoms with van der Waals surface area (Å²) in [4.78, 5) is 31.3. The molecule has 5 heterocycles. The van der Waals surface area contributed by atoms with E-state index in [1.807, 2.05) is 64.0 Å². The van der Waals surface area contributed by atoms with Crippen LogP contribution in [0.25, 0.3) is 55.6 Å². The van der Waals surface area contributed by atoms with E-state index in [4.69, 9.17) is 4.74 Å². The molecular formula is C33H33FN8O2. The average molecular weight is 593 g/mol. The van der Waals surface area contributed by atoms with Crippen LogP contribution in [0.2, 0.25) is 0 Å². The number of ether oxygens (including phenoxy) is 1. The normalized spacial score (nSPS) is 11.9. The predicted octanol–water partition coefficient (Wildman–Crippen LogP) is 6.29. The fourth-order valence-corrected chi connectivity index (χ4v) is 4.80. The number of aromatic amines is 2. The lowest BCUT2D eigenvalue weighted by Gasteiger charge is -2.17. The highest BCUT2D eigenvalue weighted by Gasteiger charge is 2.22. The van der Waals surface area contributed by atoms with E-state index in [-0.39, 0.29) is 11.7 Å². The fraction of sp³-hybridized carbons (Fsp3) is 0.242. The fourth-order valence-electron chi connectivity index (χ4n) is 4.80. The number of aromatic nitrogens is 6. The van der Waals surface area contributed by atoms with Crippen LogP contribution in [0.15, 0.2) is 67.4 Å². The molecule has 10 nitrogen and oxygen atoms in total. The zero-order valence-corrected chi connectivity index (χ0v) is 25.2. The summed E-state index contributed by atoms with van der Waals surface area (Å²) in [6.07, 6.45) is 8.51. The number of pyridine rings is 3. The number of hydrogen-bond acceptors (Lipinski definition) is 7. The Morgan fingerprint density at radius 2 is 1.75 bits per heavy atom. The Hall–Kier alpha value is -5.16. The van der Waals surface area contributed by atoms with Crippen LogP contribution in [0, 0.1) is 11.2 Å². The molecule has 6 aromatic rings. The van der Waals surface area contributed by atoms with Gasteiger partial charge in [0.2, 0.25) is 5.91 Å². The number of nitrogens with one attached hydrogen (secondary N) is 3. The van der Waals surface area contributed by atoms with Gasteiger partial charge in [-0.3, -0.25) is 24.8 Å². The SMILES string of the molecule is CN(C)CCOc1cc(F)cc(-c2cncc3[nH]c(-c4n[nH]c5cnc(-c6cncc(NC(=O)C(C)(C)C)c6)cc45)cc23)c1. The molecule has 0 aliphatic heterocycles. The van der Waals surface area contributed by atoms with Crippen molar-refractivity contribution in [3.8, 4) is 39.5 Å². The van der Waals surface area contributed by atoms with Gasteiger partial charge in [-0.25, -0.2) is 4.39 Å². The van der Waals surface area contributed by atoms with Gasteiger partial charge in [-0.1, -0.05) is 20.8 Å². The summed E-state index contributed by atoms with van der Waals surface area (Å²) in [5.41, 5.74) is 5.93. The molecule has 0 atom stereocenters. The topological polar surface area (TPSA) is 125 Å². The van der Waals surface area contributed by atoms with Crippen molar-refractivity contribution in [1.82, 2.24) is 35.0 Å². The van der Waals surface area contributed by atoms with E-state index in [0.717, 1.165) is 38.6 Å². The van der Waals surface area contributed by atoms with Crippen LogP contribution < -0.4 is 10.1 Å². The first-order valence-electron chi connectivity index (χ1n) is 14.2. The number of likely N-dealkylation sites (N-methyl/N-ethyl adjacent to an activating group) is 1. The second kappa shape index (κ2) is 11.5. The lowest BCUT2D eigenvalue weighted by atomic mass is 9.95. The van der Waals surface area contributed by atoms with Crippen molar-refractivity contribution in [2.75, 3.05) is 32.6 Å². The van der Waals surface area contributed by atoms with Crippen molar-refractivity contribution in [3.63, 3.8) is 0 Å². The minimum atomic E-state index is -0.537. The summed E-state index contributed by atoms with van der Waals surface area (Å²) >= 11 is 0. The summed E-state index contributed by atoms with van der Waals surface area (Å²) in [5, 5.41) is 12.3. The number of nitrogens with zero attached hydrogens (tertiary/aromatic N) is 5. The molecule has 0 aliphatic carbocycles. The van der Waals surface area contributed by atoms with Crippen molar-refractivity contribution >= 4 is 33.4 Å². The number of H-pyrrole nitrogens is 2. The molecule has 1 amide bonds. The first kappa shape index (κ1) is 28.9. The molecule has 224 valence electrons. The first-order valence-corrected chi connectivity index (χ1v) is 14.2. The van der Waals surface area contributed by atoms with Crippen molar-refractivity contribution in [2.45, 2.75) is 20.8 Å². The van der Waals surface area contributed by atoms with E-state index >= 15 is 0 Å². The molecule has 0 fully saturated rings. The van der Waals surface area contributed by atoms with Gasteiger partial charge < -0.3 is 19.9 Å². The molecule has 6 rings (SSSR count). The van der Waals surface area contributed by atoms with E-state index in [1.165, 1.54) is 12.1 Å². The molecule has 11 heteroatoms. The highest BCUT2D eigenvalue weighted by atomic mass is 19.1. The monoisotopic (exact) mass is 592 g/mol. The van der Waals surface area contributed by atoms with Crippen LogP contribution in [-0.2, 0) is 4.79 Å². The molecule has 0 saturated carbocycles. The van der Waals surface area contributed by atoms with Crippen LogP contribution >= 0.6 is 0 Å². The van der Waals surface area contributed by atoms with E-state index in [1.54, 1.807) is 31.0 Å². The quantitative estimate of drug-likeness (QED) is 0.190. The van der Waals surface area contributed by atoms with Crippen molar-refractivity contribution < 1.29 is 13.9 Å². The van der Waals surface area contributed by atoms with Gasteiger partial charge in [-0.2, -0.15) is 5.10 Å². The van der Waals surface area contributed by atoms with Crippen LogP contribution in [0.1, 0.15) is 20.8 Å². The van der Waals surface area contributed by atoms with Gasteiger partial charge in [0, 0.05) is 52.3 Å². The number of anilines is 1. The number of hydrogen-bond donors (Lipinski definition) is 3. The maximum atomic E-state index is 14.7. The largest absolute Gasteiger partial charge is 0.492 e. The first-order chi connectivity index (χ1) is 21.0. The third kappa shape index (κ3) is 6.00. The van der Waals surface area contributed by atoms with Crippen molar-refractivity contribution in [3.05, 3.63) is 73.2 Å². The summed E-state index contributed by atoms with van der Waals surface area (Å²) in [6.45, 7) is 6.73. The van der Waals surface area contributed by atoms with E-state index in [9.17, 15) is 9.18 Å². The highest BCUT2D eigenvalue weighted by molar-refractivity contribution is 6.01. The smallest absolute Gasteiger partial charge is 0.229 e. The number of carbonyl (C=O) groups excluding carboxylic acids is 1. The average Bonchev–Trinajstić information content (AvgIpc) is 3.60. The third-order valence-corrected chi connectivity index (χ3v) is 7.21. The van der Waals surface area contributed by atoms with Gasteiger partial charge in [0.25, 0.3) is 0 Å². The lowest BCUT2D eigenvalue weighted by Crippen LogP contribution is -2.27. The molecule has 0 aliphatic rings. The minimum Gasteiger partial charge on any atom is -0.492 e. The number of rotatable bonds is 8. The van der Waals surface area contributed by atoms with Crippen LogP contribution in [0.3, 0.4) is 0 Å². The molecule has 0 radical (unpaired) electrons. The molecule has 0 unspecified atom stereocenters. The number of carbonyl (C=O) groups is 1. The lowest BCUT2D eigenvalue weighted by molar-refractivity contribution is -0.123. The van der Waals surface area contributed by atoms with Gasteiger partial charge in [0.15, 0.2) is 0 Å². The zero-order valence-electron chi connectivity index (χ0n) is 25.2. The maximum Gasteiger partial charge on any atom is 0.229 e. The number of fused-ring (bicyclic) bond motifs is 2. The Morgan fingerprint density at radius 1 is 0.932 bits per heavy atom. The molecule has 0 saturated heterocycles. The van der Waals surface area contributed by atoms with Crippen LogP contribution in [0.4, 0.5) is 10.1 Å². The summed E-state index contributed by atoms with van der Waals surface area (Å²) < 4.78 is 20.5. The van der Waals surface area contributed by atoms with E-state index < -0.39 is 5.41 Å². The predicted molar refractivity (Wildman–Crippen MR) is 170 cm³/mol. The standard InChI is InChI=1S/C33H33FN8O2/c1-33(2,3)32(43)38-22-9-20(14-35-15-22)27-13-25-30(18-37-27)40-41-31(25)28-12-24-26(16-36-17-29(24)39-28)19-8-21(34)11-23(10-19)44-7-6-42(4)5/h8-18,39H,6-7H2,1-5H3,(H,38,43)(H,40,41). The second-order valence-electron chi connectivity index (χ2n) is 12.0. The van der Waals surface area contributed by atoms with Gasteiger partial charge in [-0.05, 0) is 50.0 Å². The Balaban J connectivity index is 1.35. The Labute approximate surface area is 253 Å². The molecule has 5 aromatic heterocycles. The number of benzene rings is 1. The molecular weight excluding hydrogens is 559 g/mol. The Morgan fingerprint density at radius 3 is 2.55 bits per heavy atom. The summed E-state index contributed by atoms with van der Waals surface area (Å²) in [5.74, 6) is -0.0228. The molecule has 44 heavy (non-hydrogen) atoms. The van der Waals surface area contributed by atoms with E-state index in [0.29, 0.717) is 41.5 Å². The van der Waals surface area contributed by atoms with Crippen LogP contribution in [0.5, 0.6) is 5.75 Å². The van der Waals surface area contributed by atoms with Crippen molar-refractivity contribution in [2.24, 2.45) is 5.41 Å². The molecule has 0 spiro atoms. The van der Waals surface area contributed by atoms with Crippen molar-refractivity contribution in [1.29, 1.82) is 0 Å². The maximum absolute atomic E-state index is 14.7. The van der Waals surface area contributed by atoms with Gasteiger partial charge in [0.05, 0.1) is 46.7 Å². The van der Waals surface area contributed by atoms with Gasteiger partial charge in [-0.15, -0.1) is 0 Å². The summed E-state index contributed by atoms with van der Waals surface area (Å²) in [6, 6.07) is 10.5. The second-order valence-corrected chi connectivity index (χ2v) is 12.0. The zero-order chi connectivity index (χ0) is 31.0. The summed E-state index contributed by atoms with van der Waals surface area (Å²) in [7, 11) is 3.92. The molecule has 3 N–H and O–H groups in total. The van der Waals surface area contributed by atoms with Gasteiger partial charge >= 0.3 is 0 Å². The van der Waals surface area contributed by atoms with Crippen LogP contribution in [-0.4, -0.2) is 68.2 Å². The minimum absolute atomic E-state index is 0.101. The highest BCUT2D eigenvalue weighted by Crippen LogP contribution is 2.36. The number of amides is 1. The Kier molecular flexibility index (Phi) is 7.56. The molecule has 1 aromatic carbocycles. The van der Waals surface area contributed by atoms with Gasteiger partial charge in [0.1, 0.15) is 23.9 Å². The van der Waals surface area contributed by atoms with E-state index in [2.05, 4.69) is 35.5 Å². The number of halogens is 1.